The third-order valence-corrected chi connectivity index (χ3v) is 1.96. The fraction of sp³-hybridized carbons (Fsp3) is 0.273. The highest BCUT2D eigenvalue weighted by molar-refractivity contribution is 6.00. The van der Waals surface area contributed by atoms with E-state index in [-0.39, 0.29) is 5.56 Å². The lowest BCUT2D eigenvalue weighted by atomic mass is 10.0. The van der Waals surface area contributed by atoms with Crippen molar-refractivity contribution in [3.05, 3.63) is 35.4 Å². The predicted octanol–water partition coefficient (Wildman–Crippen LogP) is 2.55. The van der Waals surface area contributed by atoms with Gasteiger partial charge in [0.1, 0.15) is 0 Å². The van der Waals surface area contributed by atoms with Gasteiger partial charge in [0.25, 0.3) is 0 Å². The molecule has 0 saturated carbocycles. The zero-order valence-electron chi connectivity index (χ0n) is 8.08. The molecule has 0 spiro atoms. The van der Waals surface area contributed by atoms with E-state index < -0.39 is 5.97 Å². The molecule has 0 aliphatic heterocycles. The van der Waals surface area contributed by atoms with Crippen LogP contribution in [-0.2, 0) is 0 Å². The van der Waals surface area contributed by atoms with E-state index in [4.69, 9.17) is 10.5 Å². The van der Waals surface area contributed by atoms with Crippen LogP contribution in [0.1, 0.15) is 35.7 Å². The van der Waals surface area contributed by atoms with Crippen LogP contribution in [0.5, 0.6) is 0 Å². The first-order chi connectivity index (χ1) is 6.65. The van der Waals surface area contributed by atoms with E-state index in [9.17, 15) is 4.79 Å². The van der Waals surface area contributed by atoms with Gasteiger partial charge < -0.3 is 10.5 Å². The molecule has 3 heteroatoms. The van der Waals surface area contributed by atoms with Crippen molar-refractivity contribution >= 4 is 11.7 Å². The molecule has 0 bridgehead atoms. The lowest BCUT2D eigenvalue weighted by Gasteiger charge is -2.03. The highest BCUT2D eigenvalue weighted by atomic mass is 16.4. The molecule has 0 radical (unpaired) electrons. The molecule has 0 heterocycles. The normalized spacial score (nSPS) is 9.79. The van der Waals surface area contributed by atoms with Gasteiger partial charge in [-0.3, -0.25) is 0 Å². The first-order valence-corrected chi connectivity index (χ1v) is 4.56. The molecule has 0 unspecified atom stereocenters. The number of hydrogen-bond donors (Lipinski definition) is 2. The zero-order chi connectivity index (χ0) is 10.6. The van der Waals surface area contributed by atoms with Gasteiger partial charge in [0.15, 0.2) is 0 Å². The summed E-state index contributed by atoms with van der Waals surface area (Å²) in [5, 5.41) is 16.4. The largest absolute Gasteiger partial charge is 0.478 e. The first kappa shape index (κ1) is 10.4. The van der Waals surface area contributed by atoms with Gasteiger partial charge in [-0.05, 0) is 24.1 Å². The molecule has 1 rings (SSSR count). The Morgan fingerprint density at radius 2 is 2.07 bits per heavy atom. The topological polar surface area (TPSA) is 61.2 Å². The smallest absolute Gasteiger partial charge is 0.335 e. The van der Waals surface area contributed by atoms with Crippen LogP contribution in [0.15, 0.2) is 24.3 Å². The summed E-state index contributed by atoms with van der Waals surface area (Å²) in [6.07, 6.45) is 1.58. The highest BCUT2D eigenvalue weighted by Crippen LogP contribution is 2.08. The minimum Gasteiger partial charge on any atom is -0.478 e. The average Bonchev–Trinajstić information content (AvgIpc) is 2.18. The van der Waals surface area contributed by atoms with E-state index in [1.165, 1.54) is 6.07 Å². The van der Waals surface area contributed by atoms with E-state index in [1.807, 2.05) is 6.92 Å². The van der Waals surface area contributed by atoms with E-state index in [1.54, 1.807) is 18.2 Å². The summed E-state index contributed by atoms with van der Waals surface area (Å²) < 4.78 is 0. The van der Waals surface area contributed by atoms with Crippen LogP contribution in [0.2, 0.25) is 0 Å². The van der Waals surface area contributed by atoms with E-state index >= 15 is 0 Å². The van der Waals surface area contributed by atoms with Crippen molar-refractivity contribution in [2.75, 3.05) is 0 Å². The maximum atomic E-state index is 10.7. The van der Waals surface area contributed by atoms with Gasteiger partial charge in [-0.25, -0.2) is 4.79 Å². The lowest BCUT2D eigenvalue weighted by Crippen LogP contribution is -2.02. The van der Waals surface area contributed by atoms with Crippen LogP contribution in [0, 0.1) is 5.41 Å². The molecule has 3 nitrogen and oxygen atoms in total. The molecular weight excluding hydrogens is 178 g/mol. The Bertz CT molecular complexity index is 358. The van der Waals surface area contributed by atoms with E-state index in [0.29, 0.717) is 17.7 Å². The molecule has 0 amide bonds. The molecule has 0 aliphatic rings. The molecule has 0 aromatic heterocycles. The van der Waals surface area contributed by atoms with Gasteiger partial charge in [0, 0.05) is 5.71 Å². The first-order valence-electron chi connectivity index (χ1n) is 4.56. The predicted molar refractivity (Wildman–Crippen MR) is 55.1 cm³/mol. The average molecular weight is 191 g/mol. The summed E-state index contributed by atoms with van der Waals surface area (Å²) in [5.74, 6) is -0.948. The van der Waals surface area contributed by atoms with Gasteiger partial charge in [-0.15, -0.1) is 0 Å². The fourth-order valence-electron chi connectivity index (χ4n) is 1.23. The van der Waals surface area contributed by atoms with Crippen molar-refractivity contribution < 1.29 is 9.90 Å². The number of benzene rings is 1. The molecule has 0 atom stereocenters. The van der Waals surface area contributed by atoms with E-state index in [2.05, 4.69) is 0 Å². The SMILES string of the molecule is CCCC(=N)c1cccc(C(=O)O)c1. The molecule has 74 valence electrons. The van der Waals surface area contributed by atoms with Gasteiger partial charge in [-0.1, -0.05) is 25.5 Å². The number of rotatable bonds is 4. The summed E-state index contributed by atoms with van der Waals surface area (Å²) in [7, 11) is 0. The van der Waals surface area contributed by atoms with Crippen LogP contribution >= 0.6 is 0 Å². The molecule has 1 aromatic rings. The van der Waals surface area contributed by atoms with Crippen LogP contribution in [-0.4, -0.2) is 16.8 Å². The van der Waals surface area contributed by atoms with Crippen molar-refractivity contribution in [3.8, 4) is 0 Å². The molecule has 1 aromatic carbocycles. The lowest BCUT2D eigenvalue weighted by molar-refractivity contribution is 0.0697. The highest BCUT2D eigenvalue weighted by Gasteiger charge is 2.05. The number of carboxylic acids is 1. The summed E-state index contributed by atoms with van der Waals surface area (Å²) in [6.45, 7) is 2.00. The maximum absolute atomic E-state index is 10.7. The van der Waals surface area contributed by atoms with Crippen molar-refractivity contribution in [3.63, 3.8) is 0 Å². The number of aromatic carboxylic acids is 1. The molecule has 14 heavy (non-hydrogen) atoms. The Kier molecular flexibility index (Phi) is 3.40. The fourth-order valence-corrected chi connectivity index (χ4v) is 1.23. The number of carboxylic acid groups (broad SMARTS) is 1. The monoisotopic (exact) mass is 191 g/mol. The Morgan fingerprint density at radius 1 is 1.43 bits per heavy atom. The Morgan fingerprint density at radius 3 is 2.64 bits per heavy atom. The quantitative estimate of drug-likeness (QED) is 0.718. The summed E-state index contributed by atoms with van der Waals surface area (Å²) >= 11 is 0. The van der Waals surface area contributed by atoms with Crippen LogP contribution < -0.4 is 0 Å². The second kappa shape index (κ2) is 4.56. The van der Waals surface area contributed by atoms with Crippen molar-refractivity contribution in [1.29, 1.82) is 5.41 Å². The molecular formula is C11H13NO2. The van der Waals surface area contributed by atoms with Crippen LogP contribution in [0.3, 0.4) is 0 Å². The van der Waals surface area contributed by atoms with E-state index in [0.717, 1.165) is 6.42 Å². The minimum atomic E-state index is -0.948. The Balaban J connectivity index is 2.93. The number of nitrogens with one attached hydrogen (secondary N) is 1. The molecule has 0 saturated heterocycles. The zero-order valence-corrected chi connectivity index (χ0v) is 8.08. The molecule has 0 aliphatic carbocycles. The molecule has 2 N–H and O–H groups in total. The minimum absolute atomic E-state index is 0.239. The Hall–Kier alpha value is -1.64. The second-order valence-corrected chi connectivity index (χ2v) is 3.11. The van der Waals surface area contributed by atoms with Crippen LogP contribution in [0.4, 0.5) is 0 Å². The standard InChI is InChI=1S/C11H13NO2/c1-2-4-10(12)8-5-3-6-9(7-8)11(13)14/h3,5-7,12H,2,4H2,1H3,(H,13,14). The van der Waals surface area contributed by atoms with Gasteiger partial charge in [-0.2, -0.15) is 0 Å². The van der Waals surface area contributed by atoms with Gasteiger partial charge in [0.05, 0.1) is 5.56 Å². The maximum Gasteiger partial charge on any atom is 0.335 e. The summed E-state index contributed by atoms with van der Waals surface area (Å²) in [4.78, 5) is 10.7. The van der Waals surface area contributed by atoms with Crippen LogP contribution in [0.25, 0.3) is 0 Å². The van der Waals surface area contributed by atoms with Crippen molar-refractivity contribution in [2.24, 2.45) is 0 Å². The second-order valence-electron chi connectivity index (χ2n) is 3.11. The van der Waals surface area contributed by atoms with Crippen molar-refractivity contribution in [2.45, 2.75) is 19.8 Å². The van der Waals surface area contributed by atoms with Gasteiger partial charge >= 0.3 is 5.97 Å². The number of carbonyl (C=O) groups is 1. The summed E-state index contributed by atoms with van der Waals surface area (Å²) in [5.41, 5.74) is 1.44. The van der Waals surface area contributed by atoms with Crippen molar-refractivity contribution in [1.82, 2.24) is 0 Å². The Labute approximate surface area is 82.9 Å². The third kappa shape index (κ3) is 2.42. The third-order valence-electron chi connectivity index (χ3n) is 1.96. The summed E-state index contributed by atoms with van der Waals surface area (Å²) in [6, 6.07) is 6.51. The van der Waals surface area contributed by atoms with Gasteiger partial charge in [0.2, 0.25) is 0 Å². The number of hydrogen-bond acceptors (Lipinski definition) is 2. The molecule has 0 fully saturated rings.